The molecule has 33 heavy (non-hydrogen) atoms. The van der Waals surface area contributed by atoms with Gasteiger partial charge in [0, 0.05) is 30.8 Å². The molecule has 1 atom stereocenters. The number of methoxy groups -OCH3 is 1. The Bertz CT molecular complexity index is 1050. The Morgan fingerprint density at radius 1 is 1.06 bits per heavy atom. The SMILES string of the molecule is COc1ccccc1C(CNC(=O)c1cccc(S(=O)(=O)N(C)C2CCCCC2)c1)N(C)C. The lowest BCUT2D eigenvalue weighted by atomic mass is 9.96. The molecule has 3 rings (SSSR count). The van der Waals surface area contributed by atoms with E-state index in [0.29, 0.717) is 12.1 Å². The second-order valence-corrected chi connectivity index (χ2v) is 10.8. The summed E-state index contributed by atoms with van der Waals surface area (Å²) in [4.78, 5) is 15.1. The van der Waals surface area contributed by atoms with Gasteiger partial charge in [-0.2, -0.15) is 4.31 Å². The van der Waals surface area contributed by atoms with Crippen LogP contribution in [0.1, 0.15) is 54.1 Å². The molecule has 1 aliphatic carbocycles. The highest BCUT2D eigenvalue weighted by atomic mass is 32.2. The van der Waals surface area contributed by atoms with Crippen LogP contribution in [0.5, 0.6) is 5.75 Å². The van der Waals surface area contributed by atoms with Gasteiger partial charge in [0.2, 0.25) is 10.0 Å². The Balaban J connectivity index is 1.75. The van der Waals surface area contributed by atoms with Crippen LogP contribution in [-0.4, -0.2) is 64.4 Å². The number of likely N-dealkylation sites (N-methyl/N-ethyl adjacent to an activating group) is 1. The molecule has 1 amide bonds. The van der Waals surface area contributed by atoms with Crippen molar-refractivity contribution in [1.29, 1.82) is 0 Å². The minimum atomic E-state index is -3.66. The lowest BCUT2D eigenvalue weighted by Crippen LogP contribution is -2.38. The molecule has 2 aromatic carbocycles. The summed E-state index contributed by atoms with van der Waals surface area (Å²) in [5.41, 5.74) is 1.29. The van der Waals surface area contributed by atoms with Gasteiger partial charge in [0.25, 0.3) is 5.91 Å². The third-order valence-electron chi connectivity index (χ3n) is 6.44. The number of ether oxygens (including phenoxy) is 1. The van der Waals surface area contributed by atoms with Crippen LogP contribution in [0.2, 0.25) is 0 Å². The largest absolute Gasteiger partial charge is 0.496 e. The van der Waals surface area contributed by atoms with Crippen LogP contribution >= 0.6 is 0 Å². The van der Waals surface area contributed by atoms with E-state index < -0.39 is 10.0 Å². The molecule has 1 unspecified atom stereocenters. The van der Waals surface area contributed by atoms with E-state index in [1.807, 2.05) is 43.3 Å². The average molecular weight is 474 g/mol. The second-order valence-electron chi connectivity index (χ2n) is 8.77. The Labute approximate surface area is 197 Å². The summed E-state index contributed by atoms with van der Waals surface area (Å²) >= 11 is 0. The van der Waals surface area contributed by atoms with E-state index in [1.54, 1.807) is 32.4 Å². The van der Waals surface area contributed by atoms with Crippen LogP contribution in [0.3, 0.4) is 0 Å². The van der Waals surface area contributed by atoms with Gasteiger partial charge in [0.1, 0.15) is 5.75 Å². The van der Waals surface area contributed by atoms with Crippen LogP contribution in [0.25, 0.3) is 0 Å². The van der Waals surface area contributed by atoms with Crippen molar-refractivity contribution in [3.63, 3.8) is 0 Å². The van der Waals surface area contributed by atoms with Crippen LogP contribution in [-0.2, 0) is 10.0 Å². The molecule has 0 spiro atoms. The molecule has 0 radical (unpaired) electrons. The van der Waals surface area contributed by atoms with Crippen LogP contribution in [0.4, 0.5) is 0 Å². The number of benzene rings is 2. The molecule has 0 heterocycles. The predicted octanol–water partition coefficient (Wildman–Crippen LogP) is 3.68. The molecule has 8 heteroatoms. The first-order valence-corrected chi connectivity index (χ1v) is 12.9. The van der Waals surface area contributed by atoms with Gasteiger partial charge in [-0.25, -0.2) is 8.42 Å². The fourth-order valence-electron chi connectivity index (χ4n) is 4.41. The molecule has 180 valence electrons. The van der Waals surface area contributed by atoms with Crippen molar-refractivity contribution in [2.75, 3.05) is 34.8 Å². The number of hydrogen-bond donors (Lipinski definition) is 1. The minimum absolute atomic E-state index is 0.0166. The first kappa shape index (κ1) is 25.2. The minimum Gasteiger partial charge on any atom is -0.496 e. The van der Waals surface area contributed by atoms with E-state index >= 15 is 0 Å². The topological polar surface area (TPSA) is 78.9 Å². The molecule has 7 nitrogen and oxygen atoms in total. The maximum atomic E-state index is 13.2. The third kappa shape index (κ3) is 5.93. The summed E-state index contributed by atoms with van der Waals surface area (Å²) in [7, 11) is 3.49. The standard InChI is InChI=1S/C25H35N3O4S/c1-27(2)23(22-15-8-9-16-24(22)32-4)18-26-25(29)19-11-10-14-21(17-19)33(30,31)28(3)20-12-6-5-7-13-20/h8-11,14-17,20,23H,5-7,12-13,18H2,1-4H3,(H,26,29). The van der Waals surface area contributed by atoms with E-state index in [2.05, 4.69) is 5.32 Å². The molecule has 1 fully saturated rings. The van der Waals surface area contributed by atoms with E-state index in [9.17, 15) is 13.2 Å². The summed E-state index contributed by atoms with van der Waals surface area (Å²) in [5.74, 6) is 0.443. The summed E-state index contributed by atoms with van der Waals surface area (Å²) in [6.07, 6.45) is 5.01. The van der Waals surface area contributed by atoms with E-state index in [1.165, 1.54) is 10.4 Å². The van der Waals surface area contributed by atoms with Gasteiger partial charge in [-0.15, -0.1) is 0 Å². The van der Waals surface area contributed by atoms with Gasteiger partial charge in [-0.1, -0.05) is 43.5 Å². The fourth-order valence-corrected chi connectivity index (χ4v) is 5.87. The molecule has 2 aromatic rings. The highest BCUT2D eigenvalue weighted by Crippen LogP contribution is 2.28. The monoisotopic (exact) mass is 473 g/mol. The van der Waals surface area contributed by atoms with Gasteiger partial charge in [-0.3, -0.25) is 4.79 Å². The quantitative estimate of drug-likeness (QED) is 0.601. The number of para-hydroxylation sites is 1. The molecule has 0 saturated heterocycles. The number of rotatable bonds is 9. The van der Waals surface area contributed by atoms with Crippen molar-refractivity contribution in [1.82, 2.24) is 14.5 Å². The van der Waals surface area contributed by atoms with Crippen molar-refractivity contribution in [2.45, 2.75) is 49.1 Å². The average Bonchev–Trinajstić information content (AvgIpc) is 2.84. The number of nitrogens with zero attached hydrogens (tertiary/aromatic N) is 2. The maximum absolute atomic E-state index is 13.2. The Morgan fingerprint density at radius 3 is 2.42 bits per heavy atom. The van der Waals surface area contributed by atoms with Gasteiger partial charge in [0.05, 0.1) is 18.0 Å². The van der Waals surface area contributed by atoms with Crippen LogP contribution in [0, 0.1) is 0 Å². The van der Waals surface area contributed by atoms with E-state index in [-0.39, 0.29) is 22.9 Å². The summed E-state index contributed by atoms with van der Waals surface area (Å²) in [6.45, 7) is 0.352. The predicted molar refractivity (Wildman–Crippen MR) is 130 cm³/mol. The molecule has 0 aliphatic heterocycles. The summed E-state index contributed by atoms with van der Waals surface area (Å²) in [6, 6.07) is 13.9. The third-order valence-corrected chi connectivity index (χ3v) is 8.35. The molecule has 1 aliphatic rings. The zero-order chi connectivity index (χ0) is 24.0. The number of amides is 1. The molecular formula is C25H35N3O4S. The molecule has 0 aromatic heterocycles. The van der Waals surface area contributed by atoms with Crippen LogP contribution < -0.4 is 10.1 Å². The summed E-state index contributed by atoms with van der Waals surface area (Å²) < 4.78 is 33.3. The Hall–Kier alpha value is -2.42. The highest BCUT2D eigenvalue weighted by Gasteiger charge is 2.29. The normalized spacial score (nSPS) is 16.1. The summed E-state index contributed by atoms with van der Waals surface area (Å²) in [5, 5.41) is 2.96. The number of nitrogens with one attached hydrogen (secondary N) is 1. The van der Waals surface area contributed by atoms with Crippen LogP contribution in [0.15, 0.2) is 53.4 Å². The van der Waals surface area contributed by atoms with Crippen molar-refractivity contribution >= 4 is 15.9 Å². The number of carbonyl (C=O) groups excluding carboxylic acids is 1. The highest BCUT2D eigenvalue weighted by molar-refractivity contribution is 7.89. The Kier molecular flexibility index (Phi) is 8.51. The molecule has 1 N–H and O–H groups in total. The lowest BCUT2D eigenvalue weighted by Gasteiger charge is -2.30. The zero-order valence-corrected chi connectivity index (χ0v) is 20.8. The van der Waals surface area contributed by atoms with Crippen molar-refractivity contribution in [3.05, 3.63) is 59.7 Å². The van der Waals surface area contributed by atoms with Gasteiger partial charge in [-0.05, 0) is 51.2 Å². The lowest BCUT2D eigenvalue weighted by molar-refractivity contribution is 0.0941. The smallest absolute Gasteiger partial charge is 0.251 e. The van der Waals surface area contributed by atoms with Gasteiger partial charge < -0.3 is 15.0 Å². The van der Waals surface area contributed by atoms with Gasteiger partial charge in [0.15, 0.2) is 0 Å². The number of sulfonamides is 1. The number of hydrogen-bond acceptors (Lipinski definition) is 5. The number of carbonyl (C=O) groups is 1. The maximum Gasteiger partial charge on any atom is 0.251 e. The van der Waals surface area contributed by atoms with Crippen molar-refractivity contribution in [2.24, 2.45) is 0 Å². The Morgan fingerprint density at radius 2 is 1.76 bits per heavy atom. The molecule has 0 bridgehead atoms. The van der Waals surface area contributed by atoms with E-state index in [0.717, 1.165) is 43.4 Å². The van der Waals surface area contributed by atoms with E-state index in [4.69, 9.17) is 4.74 Å². The first-order chi connectivity index (χ1) is 15.8. The molecular weight excluding hydrogens is 438 g/mol. The zero-order valence-electron chi connectivity index (χ0n) is 20.0. The van der Waals surface area contributed by atoms with Gasteiger partial charge >= 0.3 is 0 Å². The van der Waals surface area contributed by atoms with Crippen molar-refractivity contribution < 1.29 is 17.9 Å². The fraction of sp³-hybridized carbons (Fsp3) is 0.480. The second kappa shape index (κ2) is 11.1. The van der Waals surface area contributed by atoms with Crippen molar-refractivity contribution in [3.8, 4) is 5.75 Å². The molecule has 1 saturated carbocycles. The first-order valence-electron chi connectivity index (χ1n) is 11.4.